The Kier molecular flexibility index (Phi) is 5.92. The minimum atomic E-state index is -4.60. The SMILES string of the molecule is COc1ccccc1CCc1cn(C(C)(C)C(=O)O)c(=O)c2c(C)c(C(F)(F)F)sc12. The van der Waals surface area contributed by atoms with E-state index in [4.69, 9.17) is 4.74 Å². The number of aryl methyl sites for hydroxylation is 3. The normalized spacial score (nSPS) is 12.4. The number of carboxylic acid groups (broad SMARTS) is 1. The maximum absolute atomic E-state index is 13.6. The van der Waals surface area contributed by atoms with Crippen LogP contribution in [0.25, 0.3) is 10.1 Å². The number of aromatic nitrogens is 1. The molecule has 1 aromatic carbocycles. The number of fused-ring (bicyclic) bond motifs is 1. The van der Waals surface area contributed by atoms with Crippen LogP contribution in [0.4, 0.5) is 13.2 Å². The molecule has 1 N–H and O–H groups in total. The Morgan fingerprint density at radius 3 is 2.35 bits per heavy atom. The van der Waals surface area contributed by atoms with Gasteiger partial charge in [-0.25, -0.2) is 4.79 Å². The molecule has 2 heterocycles. The number of aliphatic carboxylic acids is 1. The lowest BCUT2D eigenvalue weighted by molar-refractivity contribution is -0.145. The predicted octanol–water partition coefficient (Wildman–Crippen LogP) is 5.00. The van der Waals surface area contributed by atoms with E-state index in [0.717, 1.165) is 10.1 Å². The number of pyridine rings is 1. The summed E-state index contributed by atoms with van der Waals surface area (Å²) in [6, 6.07) is 7.29. The van der Waals surface area contributed by atoms with Gasteiger partial charge in [0.1, 0.15) is 16.2 Å². The maximum Gasteiger partial charge on any atom is 0.425 e. The highest BCUT2D eigenvalue weighted by Gasteiger charge is 2.38. The summed E-state index contributed by atoms with van der Waals surface area (Å²) in [6.45, 7) is 3.95. The van der Waals surface area contributed by atoms with Crippen LogP contribution < -0.4 is 10.3 Å². The van der Waals surface area contributed by atoms with Crippen molar-refractivity contribution in [2.45, 2.75) is 45.3 Å². The van der Waals surface area contributed by atoms with Crippen LogP contribution in [-0.2, 0) is 29.4 Å². The fraction of sp³-hybridized carbons (Fsp3) is 0.364. The van der Waals surface area contributed by atoms with Crippen LogP contribution in [-0.4, -0.2) is 22.8 Å². The van der Waals surface area contributed by atoms with Gasteiger partial charge in [0.15, 0.2) is 0 Å². The molecule has 0 aliphatic carbocycles. The van der Waals surface area contributed by atoms with Crippen molar-refractivity contribution in [2.75, 3.05) is 7.11 Å². The Labute approximate surface area is 180 Å². The summed E-state index contributed by atoms with van der Waals surface area (Å²) in [6.07, 6.45) is -2.47. The second-order valence-electron chi connectivity index (χ2n) is 7.76. The Hall–Kier alpha value is -2.81. The van der Waals surface area contributed by atoms with Crippen molar-refractivity contribution >= 4 is 27.4 Å². The lowest BCUT2D eigenvalue weighted by atomic mass is 10.0. The number of alkyl halides is 3. The molecule has 3 aromatic rings. The molecule has 0 unspecified atom stereocenters. The second kappa shape index (κ2) is 8.03. The fourth-order valence-electron chi connectivity index (χ4n) is 3.54. The van der Waals surface area contributed by atoms with Crippen molar-refractivity contribution < 1.29 is 27.8 Å². The molecule has 0 radical (unpaired) electrons. The lowest BCUT2D eigenvalue weighted by Crippen LogP contribution is -2.42. The number of thiophene rings is 1. The van der Waals surface area contributed by atoms with Gasteiger partial charge in [-0.3, -0.25) is 9.36 Å². The molecule has 166 valence electrons. The molecule has 9 heteroatoms. The van der Waals surface area contributed by atoms with Crippen molar-refractivity contribution in [3.8, 4) is 5.75 Å². The molecule has 0 bridgehead atoms. The van der Waals surface area contributed by atoms with Gasteiger partial charge in [0.05, 0.1) is 12.5 Å². The van der Waals surface area contributed by atoms with E-state index in [1.165, 1.54) is 34.1 Å². The van der Waals surface area contributed by atoms with Gasteiger partial charge in [0, 0.05) is 10.9 Å². The van der Waals surface area contributed by atoms with Gasteiger partial charge in [-0.1, -0.05) is 18.2 Å². The van der Waals surface area contributed by atoms with E-state index >= 15 is 0 Å². The molecule has 0 atom stereocenters. The third kappa shape index (κ3) is 4.06. The van der Waals surface area contributed by atoms with E-state index in [2.05, 4.69) is 0 Å². The zero-order valence-corrected chi connectivity index (χ0v) is 18.3. The highest BCUT2D eigenvalue weighted by atomic mass is 32.1. The molecular formula is C22H22F3NO4S. The van der Waals surface area contributed by atoms with Crippen molar-refractivity contribution in [3.63, 3.8) is 0 Å². The lowest BCUT2D eigenvalue weighted by Gasteiger charge is -2.24. The summed E-state index contributed by atoms with van der Waals surface area (Å²) in [4.78, 5) is 24.0. The molecule has 0 amide bonds. The van der Waals surface area contributed by atoms with Gasteiger partial charge in [-0.15, -0.1) is 11.3 Å². The Balaban J connectivity index is 2.24. The van der Waals surface area contributed by atoms with Crippen LogP contribution in [0.15, 0.2) is 35.3 Å². The van der Waals surface area contributed by atoms with Crippen LogP contribution in [0, 0.1) is 6.92 Å². The Morgan fingerprint density at radius 2 is 1.77 bits per heavy atom. The summed E-state index contributed by atoms with van der Waals surface area (Å²) in [5, 5.41) is 9.53. The first kappa shape index (κ1) is 22.9. The van der Waals surface area contributed by atoms with Crippen molar-refractivity contribution in [1.82, 2.24) is 4.57 Å². The largest absolute Gasteiger partial charge is 0.496 e. The van der Waals surface area contributed by atoms with Crippen LogP contribution in [0.1, 0.15) is 35.4 Å². The first-order valence-corrected chi connectivity index (χ1v) is 10.3. The first-order chi connectivity index (χ1) is 14.4. The zero-order valence-electron chi connectivity index (χ0n) is 17.5. The molecule has 5 nitrogen and oxygen atoms in total. The number of rotatable bonds is 6. The van der Waals surface area contributed by atoms with Gasteiger partial charge in [-0.2, -0.15) is 13.2 Å². The monoisotopic (exact) mass is 453 g/mol. The summed E-state index contributed by atoms with van der Waals surface area (Å²) in [7, 11) is 1.53. The zero-order chi connectivity index (χ0) is 23.1. The van der Waals surface area contributed by atoms with Gasteiger partial charge in [0.2, 0.25) is 0 Å². The number of hydrogen-bond acceptors (Lipinski definition) is 4. The molecule has 0 saturated carbocycles. The van der Waals surface area contributed by atoms with Crippen molar-refractivity contribution in [3.05, 3.63) is 62.4 Å². The summed E-state index contributed by atoms with van der Waals surface area (Å²) in [5.74, 6) is -0.607. The van der Waals surface area contributed by atoms with Gasteiger partial charge in [-0.05, 0) is 56.4 Å². The standard InChI is InChI=1S/C22H22F3NO4S/c1-12-16-17(31-18(12)22(23,24)25)14(10-9-13-7-5-6-8-15(13)30-4)11-26(19(16)27)21(2,3)20(28)29/h5-8,11H,9-10H2,1-4H3,(H,28,29). The van der Waals surface area contributed by atoms with Crippen LogP contribution in [0.3, 0.4) is 0 Å². The van der Waals surface area contributed by atoms with E-state index in [1.54, 1.807) is 6.07 Å². The van der Waals surface area contributed by atoms with E-state index < -0.39 is 28.1 Å². The van der Waals surface area contributed by atoms with E-state index in [9.17, 15) is 27.9 Å². The smallest absolute Gasteiger partial charge is 0.425 e. The van der Waals surface area contributed by atoms with Crippen LogP contribution >= 0.6 is 11.3 Å². The average Bonchev–Trinajstić information content (AvgIpc) is 3.06. The summed E-state index contributed by atoms with van der Waals surface area (Å²) >= 11 is 0.527. The van der Waals surface area contributed by atoms with Crippen LogP contribution in [0.2, 0.25) is 0 Å². The van der Waals surface area contributed by atoms with E-state index in [1.807, 2.05) is 18.2 Å². The first-order valence-electron chi connectivity index (χ1n) is 9.50. The Bertz CT molecular complexity index is 1210. The molecule has 0 aliphatic rings. The molecule has 31 heavy (non-hydrogen) atoms. The third-order valence-corrected chi connectivity index (χ3v) is 6.81. The van der Waals surface area contributed by atoms with Gasteiger partial charge >= 0.3 is 12.1 Å². The number of para-hydroxylation sites is 1. The number of nitrogens with zero attached hydrogens (tertiary/aromatic N) is 1. The van der Waals surface area contributed by atoms with Gasteiger partial charge in [0.25, 0.3) is 5.56 Å². The van der Waals surface area contributed by atoms with Gasteiger partial charge < -0.3 is 9.84 Å². The number of methoxy groups -OCH3 is 1. The average molecular weight is 453 g/mol. The number of carboxylic acids is 1. The topological polar surface area (TPSA) is 68.5 Å². The number of ether oxygens (including phenoxy) is 1. The number of hydrogen-bond donors (Lipinski definition) is 1. The second-order valence-corrected chi connectivity index (χ2v) is 8.78. The molecule has 0 saturated heterocycles. The molecule has 0 spiro atoms. The molecule has 3 rings (SSSR count). The summed E-state index contributed by atoms with van der Waals surface area (Å²) in [5.41, 5.74) is -1.20. The van der Waals surface area contributed by atoms with E-state index in [0.29, 0.717) is 35.5 Å². The highest BCUT2D eigenvalue weighted by Crippen LogP contribution is 2.42. The molecule has 0 fully saturated rings. The Morgan fingerprint density at radius 1 is 1.16 bits per heavy atom. The number of benzene rings is 1. The minimum absolute atomic E-state index is 0.0795. The van der Waals surface area contributed by atoms with Crippen molar-refractivity contribution in [1.29, 1.82) is 0 Å². The van der Waals surface area contributed by atoms with E-state index in [-0.39, 0.29) is 15.6 Å². The predicted molar refractivity (Wildman–Crippen MR) is 113 cm³/mol. The fourth-order valence-corrected chi connectivity index (χ4v) is 4.74. The third-order valence-electron chi connectivity index (χ3n) is 5.40. The highest BCUT2D eigenvalue weighted by molar-refractivity contribution is 7.19. The number of carbonyl (C=O) groups is 1. The number of halogens is 3. The maximum atomic E-state index is 13.6. The molecule has 0 aliphatic heterocycles. The van der Waals surface area contributed by atoms with Crippen molar-refractivity contribution in [2.24, 2.45) is 0 Å². The molecular weight excluding hydrogens is 431 g/mol. The summed E-state index contributed by atoms with van der Waals surface area (Å²) < 4.78 is 47.3. The molecule has 2 aromatic heterocycles. The minimum Gasteiger partial charge on any atom is -0.496 e. The quantitative estimate of drug-likeness (QED) is 0.570. The van der Waals surface area contributed by atoms with Crippen LogP contribution in [0.5, 0.6) is 5.75 Å².